The van der Waals surface area contributed by atoms with E-state index in [2.05, 4.69) is 0 Å². The molecule has 0 amide bonds. The fourth-order valence-electron chi connectivity index (χ4n) is 2.11. The van der Waals surface area contributed by atoms with Crippen molar-refractivity contribution in [1.82, 2.24) is 0 Å². The topological polar surface area (TPSA) is 63.6 Å². The van der Waals surface area contributed by atoms with E-state index in [1.54, 1.807) is 0 Å². The fraction of sp³-hybridized carbons (Fsp3) is 0.667. The molecule has 0 saturated heterocycles. The maximum Gasteiger partial charge on any atom is 0.394 e. The smallest absolute Gasteiger partial charge is 0.394 e. The molecule has 1 unspecified atom stereocenters. The van der Waals surface area contributed by atoms with E-state index in [1.165, 1.54) is 0 Å². The zero-order valence-electron chi connectivity index (χ0n) is 11.9. The fourth-order valence-corrected chi connectivity index (χ4v) is 4.52. The van der Waals surface area contributed by atoms with E-state index < -0.39 is 56.8 Å². The molecule has 0 fully saturated rings. The Bertz CT molecular complexity index is 708. The van der Waals surface area contributed by atoms with Crippen LogP contribution in [0.1, 0.15) is 24.2 Å². The molecule has 0 spiro atoms. The minimum Gasteiger partial charge on any atom is -0.483 e. The third-order valence-electron chi connectivity index (χ3n) is 3.42. The lowest BCUT2D eigenvalue weighted by molar-refractivity contribution is -0.176. The van der Waals surface area contributed by atoms with Crippen LogP contribution in [0.15, 0.2) is 4.21 Å². The molecule has 0 bridgehead atoms. The summed E-state index contributed by atoms with van der Waals surface area (Å²) in [5.41, 5.74) is -0.723. The summed E-state index contributed by atoms with van der Waals surface area (Å²) in [6.45, 7) is 0.0239. The monoisotopic (exact) mass is 380 g/mol. The highest BCUT2D eigenvalue weighted by Crippen LogP contribution is 2.53. The minimum atomic E-state index is -4.52. The lowest BCUT2D eigenvalue weighted by atomic mass is 10.2. The third kappa shape index (κ3) is 3.45. The number of halogens is 5. The number of rotatable bonds is 4. The predicted octanol–water partition coefficient (Wildman–Crippen LogP) is 2.95. The Morgan fingerprint density at radius 3 is 2.48 bits per heavy atom. The second-order valence-electron chi connectivity index (χ2n) is 5.44. The Kier molecular flexibility index (Phi) is 4.44. The van der Waals surface area contributed by atoms with Gasteiger partial charge in [-0.25, -0.2) is 17.2 Å². The van der Waals surface area contributed by atoms with Gasteiger partial charge in [-0.1, -0.05) is 18.3 Å². The Balaban J connectivity index is 2.39. The van der Waals surface area contributed by atoms with Gasteiger partial charge in [0.05, 0.1) is 5.92 Å². The van der Waals surface area contributed by atoms with Crippen LogP contribution in [0.25, 0.3) is 0 Å². The van der Waals surface area contributed by atoms with Crippen LogP contribution in [0, 0.1) is 5.92 Å². The summed E-state index contributed by atoms with van der Waals surface area (Å²) >= 11 is 0.455. The molecule has 1 aromatic rings. The Morgan fingerprint density at radius 2 is 2.00 bits per heavy atom. The van der Waals surface area contributed by atoms with Crippen molar-refractivity contribution in [3.63, 3.8) is 0 Å². The average molecular weight is 380 g/mol. The van der Waals surface area contributed by atoms with Crippen molar-refractivity contribution >= 4 is 21.2 Å². The molecule has 1 heterocycles. The molecule has 2 rings (SSSR count). The van der Waals surface area contributed by atoms with E-state index in [0.29, 0.717) is 11.3 Å². The molecular formula is C12H13F5O4S2. The molecule has 1 aromatic heterocycles. The van der Waals surface area contributed by atoms with Gasteiger partial charge < -0.3 is 9.84 Å². The minimum absolute atomic E-state index is 0.248. The molecule has 132 valence electrons. The number of fused-ring (bicyclic) bond motifs is 1. The van der Waals surface area contributed by atoms with Gasteiger partial charge in [0.25, 0.3) is 5.92 Å². The lowest BCUT2D eigenvalue weighted by Crippen LogP contribution is -2.26. The molecule has 0 radical (unpaired) electrons. The van der Waals surface area contributed by atoms with Gasteiger partial charge in [0.2, 0.25) is 0 Å². The van der Waals surface area contributed by atoms with Gasteiger partial charge in [-0.15, -0.1) is 0 Å². The Hall–Kier alpha value is -0.940. The quantitative estimate of drug-likeness (QED) is 0.816. The molecule has 11 heteroatoms. The number of alkyl halides is 5. The predicted molar refractivity (Wildman–Crippen MR) is 71.8 cm³/mol. The van der Waals surface area contributed by atoms with Gasteiger partial charge in [0, 0.05) is 23.8 Å². The SMILES string of the molecule is CC(COc1sc(S(C)(=O)=O)c2c1CC(F)(F)[C@H]2O)C(F)(F)F. The second kappa shape index (κ2) is 5.55. The molecule has 0 aliphatic heterocycles. The number of thiophene rings is 1. The van der Waals surface area contributed by atoms with Crippen molar-refractivity contribution in [3.05, 3.63) is 11.1 Å². The number of aliphatic hydroxyl groups excluding tert-OH is 1. The van der Waals surface area contributed by atoms with E-state index >= 15 is 0 Å². The Labute approximate surface area is 132 Å². The summed E-state index contributed by atoms with van der Waals surface area (Å²) in [5.74, 6) is -5.44. The second-order valence-corrected chi connectivity index (χ2v) is 8.63. The van der Waals surface area contributed by atoms with E-state index in [-0.39, 0.29) is 10.6 Å². The van der Waals surface area contributed by atoms with Crippen molar-refractivity contribution in [2.45, 2.75) is 35.8 Å². The average Bonchev–Trinajstić information content (AvgIpc) is 2.81. The maximum absolute atomic E-state index is 13.6. The lowest BCUT2D eigenvalue weighted by Gasteiger charge is -2.16. The van der Waals surface area contributed by atoms with Crippen LogP contribution in [0.2, 0.25) is 0 Å². The zero-order chi connectivity index (χ0) is 17.8. The summed E-state index contributed by atoms with van der Waals surface area (Å²) in [7, 11) is -3.93. The summed E-state index contributed by atoms with van der Waals surface area (Å²) < 4.78 is 92.5. The first-order valence-electron chi connectivity index (χ1n) is 6.36. The summed E-state index contributed by atoms with van der Waals surface area (Å²) in [6, 6.07) is 0. The van der Waals surface area contributed by atoms with Crippen LogP contribution in [0.4, 0.5) is 22.0 Å². The molecule has 0 aromatic carbocycles. The molecule has 1 aliphatic rings. The Morgan fingerprint density at radius 1 is 1.43 bits per heavy atom. The molecule has 23 heavy (non-hydrogen) atoms. The normalized spacial score (nSPS) is 22.0. The first kappa shape index (κ1) is 18.4. The van der Waals surface area contributed by atoms with Crippen LogP contribution >= 0.6 is 11.3 Å². The van der Waals surface area contributed by atoms with Crippen molar-refractivity contribution in [2.75, 3.05) is 12.9 Å². The van der Waals surface area contributed by atoms with Gasteiger partial charge >= 0.3 is 6.18 Å². The van der Waals surface area contributed by atoms with Crippen LogP contribution in [-0.4, -0.2) is 38.5 Å². The van der Waals surface area contributed by atoms with Gasteiger partial charge in [0.1, 0.15) is 16.9 Å². The third-order valence-corrected chi connectivity index (χ3v) is 6.43. The zero-order valence-corrected chi connectivity index (χ0v) is 13.6. The standard InChI is InChI=1S/C12H13F5O4S2/c1-5(12(15,16)17)4-21-9-6-3-11(13,14)8(18)7(6)10(22-9)23(2,19)20/h5,8,18H,3-4H2,1-2H3/t5?,8-/m0/s1. The number of hydrogen-bond acceptors (Lipinski definition) is 5. The molecule has 1 N–H and O–H groups in total. The van der Waals surface area contributed by atoms with Gasteiger partial charge in [-0.2, -0.15) is 13.2 Å². The summed E-state index contributed by atoms with van der Waals surface area (Å²) in [5, 5.41) is 9.30. The number of ether oxygens (including phenoxy) is 1. The van der Waals surface area contributed by atoms with E-state index in [9.17, 15) is 35.5 Å². The van der Waals surface area contributed by atoms with Crippen LogP contribution in [0.5, 0.6) is 5.06 Å². The first-order chi connectivity index (χ1) is 10.2. The van der Waals surface area contributed by atoms with Gasteiger partial charge in [0.15, 0.2) is 14.9 Å². The highest BCUT2D eigenvalue weighted by atomic mass is 32.2. The van der Waals surface area contributed by atoms with Crippen molar-refractivity contribution < 1.29 is 40.2 Å². The van der Waals surface area contributed by atoms with Gasteiger partial charge in [-0.3, -0.25) is 0 Å². The van der Waals surface area contributed by atoms with Crippen molar-refractivity contribution in [1.29, 1.82) is 0 Å². The number of aliphatic hydroxyl groups is 1. The molecule has 4 nitrogen and oxygen atoms in total. The van der Waals surface area contributed by atoms with E-state index in [1.807, 2.05) is 0 Å². The summed E-state index contributed by atoms with van der Waals surface area (Å²) in [6.07, 6.45) is -7.06. The van der Waals surface area contributed by atoms with Crippen LogP contribution in [0.3, 0.4) is 0 Å². The molecule has 2 atom stereocenters. The molecular weight excluding hydrogens is 367 g/mol. The highest BCUT2D eigenvalue weighted by molar-refractivity contribution is 7.92. The largest absolute Gasteiger partial charge is 0.483 e. The van der Waals surface area contributed by atoms with Crippen molar-refractivity contribution in [2.24, 2.45) is 5.92 Å². The van der Waals surface area contributed by atoms with E-state index in [4.69, 9.17) is 4.74 Å². The van der Waals surface area contributed by atoms with E-state index in [0.717, 1.165) is 13.2 Å². The summed E-state index contributed by atoms with van der Waals surface area (Å²) in [4.78, 5) is 0. The maximum atomic E-state index is 13.6. The first-order valence-corrected chi connectivity index (χ1v) is 9.07. The molecule has 1 aliphatic carbocycles. The van der Waals surface area contributed by atoms with Crippen LogP contribution < -0.4 is 4.74 Å². The number of hydrogen-bond donors (Lipinski definition) is 1. The number of sulfone groups is 1. The highest BCUT2D eigenvalue weighted by Gasteiger charge is 2.52. The van der Waals surface area contributed by atoms with Gasteiger partial charge in [-0.05, 0) is 0 Å². The van der Waals surface area contributed by atoms with Crippen molar-refractivity contribution in [3.8, 4) is 5.06 Å². The molecule has 0 saturated carbocycles. The van der Waals surface area contributed by atoms with Crippen LogP contribution in [-0.2, 0) is 16.3 Å².